The predicted octanol–water partition coefficient (Wildman–Crippen LogP) is 3.74. The van der Waals surface area contributed by atoms with Gasteiger partial charge < -0.3 is 9.73 Å². The zero-order valence-electron chi connectivity index (χ0n) is 10.7. The summed E-state index contributed by atoms with van der Waals surface area (Å²) in [5.74, 6) is 0.810. The van der Waals surface area contributed by atoms with Crippen molar-refractivity contribution in [1.29, 1.82) is 0 Å². The minimum Gasteiger partial charge on any atom is -0.469 e. The summed E-state index contributed by atoms with van der Waals surface area (Å²) >= 11 is 6.09. The summed E-state index contributed by atoms with van der Waals surface area (Å²) < 4.78 is 5.19. The molecule has 1 amide bonds. The minimum atomic E-state index is -0.0993. The molecule has 1 aromatic carbocycles. The van der Waals surface area contributed by atoms with Gasteiger partial charge in [-0.2, -0.15) is 0 Å². The Morgan fingerprint density at radius 3 is 2.79 bits per heavy atom. The smallest absolute Gasteiger partial charge is 0.220 e. The minimum absolute atomic E-state index is 0.0104. The highest BCUT2D eigenvalue weighted by Gasteiger charge is 2.12. The molecule has 2 rings (SSSR count). The number of hydrogen-bond donors (Lipinski definition) is 1. The van der Waals surface area contributed by atoms with Crippen LogP contribution in [0.15, 0.2) is 47.1 Å². The van der Waals surface area contributed by atoms with E-state index >= 15 is 0 Å². The third-order valence-corrected chi connectivity index (χ3v) is 3.27. The summed E-state index contributed by atoms with van der Waals surface area (Å²) in [6.45, 7) is 1.92. The quantitative estimate of drug-likeness (QED) is 0.904. The summed E-state index contributed by atoms with van der Waals surface area (Å²) in [6.07, 6.45) is 2.62. The van der Waals surface area contributed by atoms with Crippen LogP contribution < -0.4 is 5.32 Å². The Kier molecular flexibility index (Phi) is 4.63. The summed E-state index contributed by atoms with van der Waals surface area (Å²) in [5.41, 5.74) is 0.926. The molecule has 1 aromatic heterocycles. The monoisotopic (exact) mass is 277 g/mol. The number of hydrogen-bond acceptors (Lipinski definition) is 2. The molecule has 0 aliphatic heterocycles. The molecule has 0 fully saturated rings. The van der Waals surface area contributed by atoms with Gasteiger partial charge in [0, 0.05) is 17.9 Å². The van der Waals surface area contributed by atoms with Crippen LogP contribution in [-0.2, 0) is 11.2 Å². The zero-order chi connectivity index (χ0) is 13.7. The number of aryl methyl sites for hydroxylation is 1. The van der Waals surface area contributed by atoms with Gasteiger partial charge in [-0.05, 0) is 30.7 Å². The molecule has 1 heterocycles. The van der Waals surface area contributed by atoms with Crippen molar-refractivity contribution in [3.05, 3.63) is 59.0 Å². The molecule has 1 N–H and O–H groups in total. The molecule has 4 heteroatoms. The van der Waals surface area contributed by atoms with E-state index in [1.807, 2.05) is 43.3 Å². The van der Waals surface area contributed by atoms with Crippen LogP contribution in [0.2, 0.25) is 5.02 Å². The van der Waals surface area contributed by atoms with E-state index in [0.717, 1.165) is 11.3 Å². The van der Waals surface area contributed by atoms with Crippen molar-refractivity contribution in [3.63, 3.8) is 0 Å². The van der Waals surface area contributed by atoms with Gasteiger partial charge in [0.05, 0.1) is 12.3 Å². The van der Waals surface area contributed by atoms with Crippen molar-refractivity contribution in [2.75, 3.05) is 0 Å². The molecule has 19 heavy (non-hydrogen) atoms. The van der Waals surface area contributed by atoms with Gasteiger partial charge in [0.1, 0.15) is 5.76 Å². The molecular weight excluding hydrogens is 262 g/mol. The number of carbonyl (C=O) groups is 1. The largest absolute Gasteiger partial charge is 0.469 e. The van der Waals surface area contributed by atoms with Gasteiger partial charge in [0.15, 0.2) is 0 Å². The zero-order valence-corrected chi connectivity index (χ0v) is 11.5. The fraction of sp³-hybridized carbons (Fsp3) is 0.267. The van der Waals surface area contributed by atoms with Gasteiger partial charge in [0.25, 0.3) is 0 Å². The fourth-order valence-electron chi connectivity index (χ4n) is 1.91. The van der Waals surface area contributed by atoms with Crippen molar-refractivity contribution >= 4 is 17.5 Å². The third-order valence-electron chi connectivity index (χ3n) is 2.93. The van der Waals surface area contributed by atoms with Crippen molar-refractivity contribution in [2.24, 2.45) is 0 Å². The van der Waals surface area contributed by atoms with Crippen LogP contribution in [0.25, 0.3) is 0 Å². The summed E-state index contributed by atoms with van der Waals surface area (Å²) in [7, 11) is 0. The number of carbonyl (C=O) groups excluding carboxylic acids is 1. The van der Waals surface area contributed by atoms with Crippen LogP contribution >= 0.6 is 11.6 Å². The first kappa shape index (κ1) is 13.7. The SMILES string of the molecule is CC(NC(=O)CCc1ccco1)c1ccccc1Cl. The van der Waals surface area contributed by atoms with Crippen molar-refractivity contribution in [3.8, 4) is 0 Å². The van der Waals surface area contributed by atoms with Gasteiger partial charge in [-0.3, -0.25) is 4.79 Å². The lowest BCUT2D eigenvalue weighted by atomic mass is 10.1. The maximum Gasteiger partial charge on any atom is 0.220 e. The predicted molar refractivity (Wildman–Crippen MR) is 75.0 cm³/mol. The van der Waals surface area contributed by atoms with E-state index in [1.165, 1.54) is 0 Å². The Balaban J connectivity index is 1.87. The van der Waals surface area contributed by atoms with Crippen LogP contribution in [0.3, 0.4) is 0 Å². The van der Waals surface area contributed by atoms with Crippen LogP contribution in [-0.4, -0.2) is 5.91 Å². The fourth-order valence-corrected chi connectivity index (χ4v) is 2.21. The highest BCUT2D eigenvalue weighted by molar-refractivity contribution is 6.31. The highest BCUT2D eigenvalue weighted by atomic mass is 35.5. The first-order chi connectivity index (χ1) is 9.16. The Hall–Kier alpha value is -1.74. The molecule has 0 saturated heterocycles. The Bertz CT molecular complexity index is 537. The van der Waals surface area contributed by atoms with Crippen molar-refractivity contribution in [2.45, 2.75) is 25.8 Å². The normalized spacial score (nSPS) is 12.1. The van der Waals surface area contributed by atoms with E-state index < -0.39 is 0 Å². The summed E-state index contributed by atoms with van der Waals surface area (Å²) in [4.78, 5) is 11.8. The van der Waals surface area contributed by atoms with Gasteiger partial charge in [0.2, 0.25) is 5.91 Å². The lowest BCUT2D eigenvalue weighted by molar-refractivity contribution is -0.121. The Morgan fingerprint density at radius 2 is 2.11 bits per heavy atom. The molecule has 0 bridgehead atoms. The number of furan rings is 1. The first-order valence-corrected chi connectivity index (χ1v) is 6.61. The second-order valence-electron chi connectivity index (χ2n) is 4.39. The summed E-state index contributed by atoms with van der Waals surface area (Å²) in [5, 5.41) is 3.60. The lowest BCUT2D eigenvalue weighted by Crippen LogP contribution is -2.26. The third kappa shape index (κ3) is 3.86. The van der Waals surface area contributed by atoms with E-state index in [9.17, 15) is 4.79 Å². The van der Waals surface area contributed by atoms with E-state index in [4.69, 9.17) is 16.0 Å². The lowest BCUT2D eigenvalue weighted by Gasteiger charge is -2.15. The topological polar surface area (TPSA) is 42.2 Å². The van der Waals surface area contributed by atoms with Gasteiger partial charge >= 0.3 is 0 Å². The van der Waals surface area contributed by atoms with Crippen LogP contribution in [0.5, 0.6) is 0 Å². The number of halogens is 1. The number of amides is 1. The number of nitrogens with one attached hydrogen (secondary N) is 1. The van der Waals surface area contributed by atoms with Crippen molar-refractivity contribution < 1.29 is 9.21 Å². The second-order valence-corrected chi connectivity index (χ2v) is 4.80. The molecule has 100 valence electrons. The maximum absolute atomic E-state index is 11.8. The standard InChI is InChI=1S/C15H16ClNO2/c1-11(13-6-2-3-7-14(13)16)17-15(18)9-8-12-5-4-10-19-12/h2-7,10-11H,8-9H2,1H3,(H,17,18). The van der Waals surface area contributed by atoms with Gasteiger partial charge in [-0.15, -0.1) is 0 Å². The van der Waals surface area contributed by atoms with E-state index in [-0.39, 0.29) is 11.9 Å². The molecule has 0 aliphatic rings. The van der Waals surface area contributed by atoms with E-state index in [2.05, 4.69) is 5.32 Å². The molecular formula is C15H16ClNO2. The molecule has 2 aromatic rings. The van der Waals surface area contributed by atoms with Gasteiger partial charge in [-0.25, -0.2) is 0 Å². The van der Waals surface area contributed by atoms with Crippen LogP contribution in [0.1, 0.15) is 30.7 Å². The van der Waals surface area contributed by atoms with Gasteiger partial charge in [-0.1, -0.05) is 29.8 Å². The average molecular weight is 278 g/mol. The van der Waals surface area contributed by atoms with Crippen LogP contribution in [0, 0.1) is 0 Å². The number of benzene rings is 1. The molecule has 1 unspecified atom stereocenters. The molecule has 0 saturated carbocycles. The Labute approximate surface area is 117 Å². The second kappa shape index (κ2) is 6.43. The van der Waals surface area contributed by atoms with Crippen molar-refractivity contribution in [1.82, 2.24) is 5.32 Å². The van der Waals surface area contributed by atoms with E-state index in [1.54, 1.807) is 6.26 Å². The molecule has 0 radical (unpaired) electrons. The molecule has 0 spiro atoms. The van der Waals surface area contributed by atoms with E-state index in [0.29, 0.717) is 17.9 Å². The molecule has 1 atom stereocenters. The number of rotatable bonds is 5. The highest BCUT2D eigenvalue weighted by Crippen LogP contribution is 2.22. The molecule has 3 nitrogen and oxygen atoms in total. The van der Waals surface area contributed by atoms with Crippen LogP contribution in [0.4, 0.5) is 0 Å². The summed E-state index contributed by atoms with van der Waals surface area (Å²) in [6, 6.07) is 11.1. The molecule has 0 aliphatic carbocycles. The maximum atomic E-state index is 11.8. The first-order valence-electron chi connectivity index (χ1n) is 6.23. The average Bonchev–Trinajstić information content (AvgIpc) is 2.90. The Morgan fingerprint density at radius 1 is 1.32 bits per heavy atom.